The van der Waals surface area contributed by atoms with Crippen LogP contribution in [0.4, 0.5) is 0 Å². The Morgan fingerprint density at radius 3 is 2.95 bits per heavy atom. The number of phenols is 1. The van der Waals surface area contributed by atoms with Crippen molar-refractivity contribution in [2.45, 2.75) is 25.7 Å². The zero-order valence-corrected chi connectivity index (χ0v) is 12.6. The molecule has 4 heteroatoms. The summed E-state index contributed by atoms with van der Waals surface area (Å²) < 4.78 is 0. The van der Waals surface area contributed by atoms with Crippen molar-refractivity contribution in [3.8, 4) is 5.75 Å². The molecule has 1 aromatic carbocycles. The molecule has 1 heterocycles. The van der Waals surface area contributed by atoms with Crippen molar-refractivity contribution in [3.63, 3.8) is 0 Å². The first-order valence-corrected chi connectivity index (χ1v) is 7.93. The number of para-hydroxylation sites is 1. The molecule has 1 aliphatic heterocycles. The number of alkyl halides is 1. The monoisotopic (exact) mass is 325 g/mol. The van der Waals surface area contributed by atoms with Gasteiger partial charge in [0.05, 0.1) is 6.42 Å². The molecule has 19 heavy (non-hydrogen) atoms. The zero-order chi connectivity index (χ0) is 13.7. The van der Waals surface area contributed by atoms with Crippen LogP contribution in [0.25, 0.3) is 0 Å². The van der Waals surface area contributed by atoms with Crippen LogP contribution in [0.3, 0.4) is 0 Å². The third kappa shape index (κ3) is 3.96. The fourth-order valence-electron chi connectivity index (χ4n) is 2.62. The molecule has 1 N–H and O–H groups in total. The number of hydrogen-bond acceptors (Lipinski definition) is 2. The molecular weight excluding hydrogens is 306 g/mol. The largest absolute Gasteiger partial charge is 0.508 e. The Morgan fingerprint density at radius 2 is 2.21 bits per heavy atom. The lowest BCUT2D eigenvalue weighted by Gasteiger charge is -2.32. The van der Waals surface area contributed by atoms with Crippen LogP contribution in [-0.4, -0.2) is 34.3 Å². The third-order valence-corrected chi connectivity index (χ3v) is 4.18. The Balaban J connectivity index is 1.94. The number of carbonyl (C=O) groups is 1. The third-order valence-electron chi connectivity index (χ3n) is 3.72. The predicted molar refractivity (Wildman–Crippen MR) is 79.5 cm³/mol. The highest BCUT2D eigenvalue weighted by molar-refractivity contribution is 9.09. The number of halogens is 1. The molecule has 1 saturated heterocycles. The van der Waals surface area contributed by atoms with Gasteiger partial charge in [0.1, 0.15) is 5.75 Å². The average Bonchev–Trinajstić information content (AvgIpc) is 2.42. The van der Waals surface area contributed by atoms with Crippen LogP contribution in [0.2, 0.25) is 0 Å². The number of benzene rings is 1. The summed E-state index contributed by atoms with van der Waals surface area (Å²) in [5.74, 6) is 0.951. The number of carbonyl (C=O) groups excluding carboxylic acids is 1. The van der Waals surface area contributed by atoms with Gasteiger partial charge in [-0.3, -0.25) is 4.79 Å². The number of phenolic OH excluding ortho intramolecular Hbond substituents is 1. The molecule has 0 aromatic heterocycles. The molecule has 104 valence electrons. The maximum Gasteiger partial charge on any atom is 0.227 e. The topological polar surface area (TPSA) is 40.5 Å². The molecule has 1 aromatic rings. The molecule has 1 amide bonds. The van der Waals surface area contributed by atoms with Gasteiger partial charge >= 0.3 is 0 Å². The van der Waals surface area contributed by atoms with E-state index in [0.717, 1.165) is 36.8 Å². The number of rotatable bonds is 4. The van der Waals surface area contributed by atoms with Gasteiger partial charge in [0.15, 0.2) is 0 Å². The normalized spacial score (nSPS) is 19.4. The Morgan fingerprint density at radius 1 is 1.42 bits per heavy atom. The minimum absolute atomic E-state index is 0.126. The average molecular weight is 326 g/mol. The van der Waals surface area contributed by atoms with Crippen molar-refractivity contribution < 1.29 is 9.90 Å². The van der Waals surface area contributed by atoms with E-state index in [-0.39, 0.29) is 11.7 Å². The summed E-state index contributed by atoms with van der Waals surface area (Å²) in [6, 6.07) is 7.07. The number of amides is 1. The molecule has 0 saturated carbocycles. The number of aromatic hydroxyl groups is 1. The van der Waals surface area contributed by atoms with Crippen molar-refractivity contribution >= 4 is 21.8 Å². The molecule has 0 spiro atoms. The molecule has 1 aliphatic rings. The SMILES string of the molecule is O=C(Cc1ccccc1O)N1CCCC(CCBr)C1. The summed E-state index contributed by atoms with van der Waals surface area (Å²) in [6.45, 7) is 1.71. The van der Waals surface area contributed by atoms with E-state index in [2.05, 4.69) is 15.9 Å². The number of hydrogen-bond donors (Lipinski definition) is 1. The van der Waals surface area contributed by atoms with Gasteiger partial charge < -0.3 is 10.0 Å². The minimum atomic E-state index is 0.126. The van der Waals surface area contributed by atoms with Crippen molar-refractivity contribution in [2.24, 2.45) is 5.92 Å². The van der Waals surface area contributed by atoms with Gasteiger partial charge in [-0.05, 0) is 31.2 Å². The van der Waals surface area contributed by atoms with E-state index in [9.17, 15) is 9.90 Å². The van der Waals surface area contributed by atoms with Crippen molar-refractivity contribution in [2.75, 3.05) is 18.4 Å². The van der Waals surface area contributed by atoms with Crippen molar-refractivity contribution in [1.29, 1.82) is 0 Å². The maximum atomic E-state index is 12.3. The first-order chi connectivity index (χ1) is 9.20. The Hall–Kier alpha value is -1.03. The van der Waals surface area contributed by atoms with Crippen LogP contribution in [0, 0.1) is 5.92 Å². The quantitative estimate of drug-likeness (QED) is 0.864. The van der Waals surface area contributed by atoms with Gasteiger partial charge in [-0.25, -0.2) is 0 Å². The van der Waals surface area contributed by atoms with Gasteiger partial charge in [-0.1, -0.05) is 34.1 Å². The van der Waals surface area contributed by atoms with Crippen LogP contribution >= 0.6 is 15.9 Å². The van der Waals surface area contributed by atoms with E-state index in [4.69, 9.17) is 0 Å². The summed E-state index contributed by atoms with van der Waals surface area (Å²) >= 11 is 3.47. The second-order valence-electron chi connectivity index (χ2n) is 5.13. The molecule has 0 radical (unpaired) electrons. The molecule has 3 nitrogen and oxygen atoms in total. The van der Waals surface area contributed by atoms with Gasteiger partial charge in [-0.15, -0.1) is 0 Å². The van der Waals surface area contributed by atoms with Crippen LogP contribution in [0.5, 0.6) is 5.75 Å². The highest BCUT2D eigenvalue weighted by atomic mass is 79.9. The second-order valence-corrected chi connectivity index (χ2v) is 5.92. The molecule has 0 aliphatic carbocycles. The highest BCUT2D eigenvalue weighted by Gasteiger charge is 2.23. The van der Waals surface area contributed by atoms with E-state index < -0.39 is 0 Å². The molecule has 2 rings (SSSR count). The lowest BCUT2D eigenvalue weighted by atomic mass is 9.95. The number of likely N-dealkylation sites (tertiary alicyclic amines) is 1. The van der Waals surface area contributed by atoms with Gasteiger partial charge in [0.25, 0.3) is 0 Å². The van der Waals surface area contributed by atoms with Gasteiger partial charge in [0, 0.05) is 24.0 Å². The fraction of sp³-hybridized carbons (Fsp3) is 0.533. The summed E-state index contributed by atoms with van der Waals surface area (Å²) in [5.41, 5.74) is 0.718. The van der Waals surface area contributed by atoms with Crippen LogP contribution in [0.15, 0.2) is 24.3 Å². The van der Waals surface area contributed by atoms with E-state index >= 15 is 0 Å². The maximum absolute atomic E-state index is 12.3. The summed E-state index contributed by atoms with van der Waals surface area (Å²) in [7, 11) is 0. The standard InChI is InChI=1S/C15H20BrNO2/c16-8-7-12-4-3-9-17(11-12)15(19)10-13-5-1-2-6-14(13)18/h1-2,5-6,12,18H,3-4,7-11H2. The van der Waals surface area contributed by atoms with E-state index in [0.29, 0.717) is 12.3 Å². The molecular formula is C15H20BrNO2. The molecule has 0 bridgehead atoms. The predicted octanol–water partition coefficient (Wildman–Crippen LogP) is 2.96. The molecule has 1 fully saturated rings. The Labute approximate surface area is 122 Å². The van der Waals surface area contributed by atoms with Crippen LogP contribution < -0.4 is 0 Å². The van der Waals surface area contributed by atoms with E-state index in [1.165, 1.54) is 6.42 Å². The highest BCUT2D eigenvalue weighted by Crippen LogP contribution is 2.22. The Bertz CT molecular complexity index is 434. The summed E-state index contributed by atoms with van der Waals surface area (Å²) in [6.07, 6.45) is 3.73. The lowest BCUT2D eigenvalue weighted by molar-refractivity contribution is -0.132. The van der Waals surface area contributed by atoms with Crippen molar-refractivity contribution in [1.82, 2.24) is 4.90 Å². The van der Waals surface area contributed by atoms with E-state index in [1.54, 1.807) is 12.1 Å². The zero-order valence-electron chi connectivity index (χ0n) is 11.0. The number of piperidine rings is 1. The molecule has 1 unspecified atom stereocenters. The number of nitrogens with zero attached hydrogens (tertiary/aromatic N) is 1. The van der Waals surface area contributed by atoms with E-state index in [1.807, 2.05) is 17.0 Å². The van der Waals surface area contributed by atoms with Crippen LogP contribution in [-0.2, 0) is 11.2 Å². The Kier molecular flexibility index (Phi) is 5.25. The minimum Gasteiger partial charge on any atom is -0.508 e. The summed E-state index contributed by atoms with van der Waals surface area (Å²) in [4.78, 5) is 14.2. The smallest absolute Gasteiger partial charge is 0.227 e. The first-order valence-electron chi connectivity index (χ1n) is 6.81. The fourth-order valence-corrected chi connectivity index (χ4v) is 3.26. The lowest BCUT2D eigenvalue weighted by Crippen LogP contribution is -2.40. The van der Waals surface area contributed by atoms with Gasteiger partial charge in [0.2, 0.25) is 5.91 Å². The molecule has 1 atom stereocenters. The van der Waals surface area contributed by atoms with Gasteiger partial charge in [-0.2, -0.15) is 0 Å². The van der Waals surface area contributed by atoms with Crippen LogP contribution in [0.1, 0.15) is 24.8 Å². The van der Waals surface area contributed by atoms with Crippen molar-refractivity contribution in [3.05, 3.63) is 29.8 Å². The first kappa shape index (κ1) is 14.4. The summed E-state index contributed by atoms with van der Waals surface area (Å²) in [5, 5.41) is 10.7. The second kappa shape index (κ2) is 6.94.